The standard InChI is InChI=1S/C21H34O4/c1-2-3-6-9-17(22)12-13-19-18(16-14-20(19)25-15-16)10-7-4-5-8-11-21(23)24/h4,7,12-13,16-20,22H,2-3,5-6,8-11,14-15H2,1H3,(H,23,24)/b7-4+,13-12+/t16-,17+,18+,19-,20+/m1/s1. The van der Waals surface area contributed by atoms with Crippen LogP contribution in [-0.2, 0) is 9.53 Å². The zero-order chi connectivity index (χ0) is 18.1. The van der Waals surface area contributed by atoms with Crippen molar-refractivity contribution in [3.63, 3.8) is 0 Å². The van der Waals surface area contributed by atoms with E-state index in [0.717, 1.165) is 38.7 Å². The van der Waals surface area contributed by atoms with Crippen LogP contribution in [0.2, 0.25) is 0 Å². The first-order valence-electron chi connectivity index (χ1n) is 9.96. The molecule has 5 atom stereocenters. The molecule has 2 fully saturated rings. The van der Waals surface area contributed by atoms with Gasteiger partial charge in [0, 0.05) is 12.3 Å². The number of aliphatic hydroxyl groups excluding tert-OH is 1. The lowest BCUT2D eigenvalue weighted by Crippen LogP contribution is -2.27. The molecule has 0 aromatic carbocycles. The van der Waals surface area contributed by atoms with Crippen molar-refractivity contribution in [1.29, 1.82) is 0 Å². The zero-order valence-electron chi connectivity index (χ0n) is 15.5. The van der Waals surface area contributed by atoms with Gasteiger partial charge in [0.05, 0.1) is 18.8 Å². The first kappa shape index (κ1) is 20.2. The van der Waals surface area contributed by atoms with E-state index >= 15 is 0 Å². The highest BCUT2D eigenvalue weighted by molar-refractivity contribution is 5.66. The molecule has 4 heteroatoms. The van der Waals surface area contributed by atoms with Gasteiger partial charge in [-0.3, -0.25) is 4.79 Å². The predicted octanol–water partition coefficient (Wildman–Crippen LogP) is 4.34. The van der Waals surface area contributed by atoms with E-state index in [1.807, 2.05) is 6.08 Å². The molecule has 1 heterocycles. The van der Waals surface area contributed by atoms with Gasteiger partial charge < -0.3 is 14.9 Å². The van der Waals surface area contributed by atoms with E-state index in [0.29, 0.717) is 30.3 Å². The van der Waals surface area contributed by atoms with Gasteiger partial charge in [-0.1, -0.05) is 50.5 Å². The van der Waals surface area contributed by atoms with Gasteiger partial charge in [0.25, 0.3) is 0 Å². The molecule has 1 saturated carbocycles. The maximum atomic E-state index is 10.5. The fraction of sp³-hybridized carbons (Fsp3) is 0.762. The molecule has 2 N–H and O–H groups in total. The Morgan fingerprint density at radius 1 is 1.28 bits per heavy atom. The Kier molecular flexibility index (Phi) is 8.70. The normalized spacial score (nSPS) is 29.8. The third-order valence-electron chi connectivity index (χ3n) is 5.58. The number of allylic oxidation sites excluding steroid dienone is 2. The number of carboxylic acids is 1. The molecule has 142 valence electrons. The van der Waals surface area contributed by atoms with Crippen molar-refractivity contribution in [3.8, 4) is 0 Å². The fourth-order valence-electron chi connectivity index (χ4n) is 4.15. The van der Waals surface area contributed by atoms with Crippen LogP contribution in [0.1, 0.15) is 64.7 Å². The van der Waals surface area contributed by atoms with Gasteiger partial charge in [-0.2, -0.15) is 0 Å². The van der Waals surface area contributed by atoms with Crippen LogP contribution in [0, 0.1) is 17.8 Å². The van der Waals surface area contributed by atoms with Crippen LogP contribution in [0.5, 0.6) is 0 Å². The minimum atomic E-state index is -0.721. The monoisotopic (exact) mass is 350 g/mol. The summed E-state index contributed by atoms with van der Waals surface area (Å²) in [5.74, 6) is 0.902. The molecule has 1 aliphatic heterocycles. The average Bonchev–Trinajstić information content (AvgIpc) is 3.17. The number of aliphatic carboxylic acids is 1. The fourth-order valence-corrected chi connectivity index (χ4v) is 4.15. The minimum Gasteiger partial charge on any atom is -0.481 e. The Bertz CT molecular complexity index is 457. The van der Waals surface area contributed by atoms with Crippen molar-refractivity contribution in [2.75, 3.05) is 6.61 Å². The second kappa shape index (κ2) is 10.8. The van der Waals surface area contributed by atoms with Gasteiger partial charge in [0.15, 0.2) is 0 Å². The van der Waals surface area contributed by atoms with E-state index in [1.54, 1.807) is 0 Å². The number of hydrogen-bond donors (Lipinski definition) is 2. The summed E-state index contributed by atoms with van der Waals surface area (Å²) in [6.07, 6.45) is 16.7. The van der Waals surface area contributed by atoms with E-state index in [-0.39, 0.29) is 12.5 Å². The van der Waals surface area contributed by atoms with Gasteiger partial charge in [0.1, 0.15) is 0 Å². The molecule has 2 aliphatic rings. The van der Waals surface area contributed by atoms with Crippen LogP contribution in [-0.4, -0.2) is 35.0 Å². The summed E-state index contributed by atoms with van der Waals surface area (Å²) in [7, 11) is 0. The SMILES string of the molecule is CCCCC[C@H](O)/C=C/[C@@H]1[C@@H](C/C=C/CCCC(=O)O)[C@H]2CO[C@H]1C2. The maximum absolute atomic E-state index is 10.5. The number of carboxylic acid groups (broad SMARTS) is 1. The topological polar surface area (TPSA) is 66.8 Å². The number of ether oxygens (including phenoxy) is 1. The molecule has 1 saturated heterocycles. The summed E-state index contributed by atoms with van der Waals surface area (Å²) in [5, 5.41) is 18.8. The van der Waals surface area contributed by atoms with Crippen LogP contribution in [0.3, 0.4) is 0 Å². The van der Waals surface area contributed by atoms with Crippen LogP contribution in [0.15, 0.2) is 24.3 Å². The Morgan fingerprint density at radius 3 is 2.88 bits per heavy atom. The van der Waals surface area contributed by atoms with Crippen LogP contribution in [0.4, 0.5) is 0 Å². The third-order valence-corrected chi connectivity index (χ3v) is 5.58. The second-order valence-corrected chi connectivity index (χ2v) is 7.55. The van der Waals surface area contributed by atoms with Gasteiger partial charge in [-0.05, 0) is 43.9 Å². The highest BCUT2D eigenvalue weighted by atomic mass is 16.5. The molecule has 0 amide bonds. The zero-order valence-corrected chi connectivity index (χ0v) is 15.5. The van der Waals surface area contributed by atoms with E-state index in [4.69, 9.17) is 9.84 Å². The van der Waals surface area contributed by atoms with Crippen LogP contribution < -0.4 is 0 Å². The maximum Gasteiger partial charge on any atom is 0.303 e. The lowest BCUT2D eigenvalue weighted by molar-refractivity contribution is -0.137. The van der Waals surface area contributed by atoms with Gasteiger partial charge in [-0.25, -0.2) is 0 Å². The molecule has 25 heavy (non-hydrogen) atoms. The number of carbonyl (C=O) groups is 1. The summed E-state index contributed by atoms with van der Waals surface area (Å²) in [6.45, 7) is 3.04. The molecule has 0 unspecified atom stereocenters. The highest BCUT2D eigenvalue weighted by Crippen LogP contribution is 2.47. The predicted molar refractivity (Wildman–Crippen MR) is 99.4 cm³/mol. The molecule has 2 bridgehead atoms. The Balaban J connectivity index is 1.78. The Labute approximate surface area is 152 Å². The molecule has 2 rings (SSSR count). The molecule has 0 aromatic heterocycles. The third kappa shape index (κ3) is 6.59. The highest BCUT2D eigenvalue weighted by Gasteiger charge is 2.46. The first-order chi connectivity index (χ1) is 12.1. The van der Waals surface area contributed by atoms with Crippen molar-refractivity contribution in [3.05, 3.63) is 24.3 Å². The molecular formula is C21H34O4. The number of rotatable bonds is 12. The quantitative estimate of drug-likeness (QED) is 0.406. The lowest BCUT2D eigenvalue weighted by Gasteiger charge is -2.28. The molecule has 1 aliphatic carbocycles. The Morgan fingerprint density at radius 2 is 2.12 bits per heavy atom. The Hall–Kier alpha value is -1.13. The summed E-state index contributed by atoms with van der Waals surface area (Å²) < 4.78 is 5.87. The van der Waals surface area contributed by atoms with E-state index < -0.39 is 5.97 Å². The van der Waals surface area contributed by atoms with Crippen molar-refractivity contribution in [2.45, 2.75) is 76.9 Å². The van der Waals surface area contributed by atoms with Gasteiger partial charge >= 0.3 is 5.97 Å². The van der Waals surface area contributed by atoms with Crippen LogP contribution in [0.25, 0.3) is 0 Å². The number of fused-ring (bicyclic) bond motifs is 2. The van der Waals surface area contributed by atoms with Crippen LogP contribution >= 0.6 is 0 Å². The van der Waals surface area contributed by atoms with Crippen molar-refractivity contribution in [2.24, 2.45) is 17.8 Å². The number of hydrogen-bond acceptors (Lipinski definition) is 3. The van der Waals surface area contributed by atoms with E-state index in [1.165, 1.54) is 12.8 Å². The molecule has 4 nitrogen and oxygen atoms in total. The largest absolute Gasteiger partial charge is 0.481 e. The molecular weight excluding hydrogens is 316 g/mol. The minimum absolute atomic E-state index is 0.244. The van der Waals surface area contributed by atoms with E-state index in [9.17, 15) is 9.90 Å². The number of unbranched alkanes of at least 4 members (excludes halogenated alkanes) is 3. The smallest absolute Gasteiger partial charge is 0.303 e. The van der Waals surface area contributed by atoms with E-state index in [2.05, 4.69) is 25.2 Å². The first-order valence-corrected chi connectivity index (χ1v) is 9.96. The molecule has 0 radical (unpaired) electrons. The molecule has 0 spiro atoms. The van der Waals surface area contributed by atoms with Gasteiger partial charge in [-0.15, -0.1) is 0 Å². The van der Waals surface area contributed by atoms with Crippen molar-refractivity contribution in [1.82, 2.24) is 0 Å². The van der Waals surface area contributed by atoms with Crippen molar-refractivity contribution >= 4 is 5.97 Å². The van der Waals surface area contributed by atoms with Crippen molar-refractivity contribution < 1.29 is 19.7 Å². The second-order valence-electron chi connectivity index (χ2n) is 7.55. The average molecular weight is 350 g/mol. The van der Waals surface area contributed by atoms with Gasteiger partial charge in [0.2, 0.25) is 0 Å². The number of aliphatic hydroxyl groups is 1. The lowest BCUT2D eigenvalue weighted by atomic mass is 9.84. The summed E-state index contributed by atoms with van der Waals surface area (Å²) in [4.78, 5) is 10.5. The summed E-state index contributed by atoms with van der Waals surface area (Å²) in [6, 6.07) is 0. The summed E-state index contributed by atoms with van der Waals surface area (Å²) in [5.41, 5.74) is 0. The molecule has 0 aromatic rings. The summed E-state index contributed by atoms with van der Waals surface area (Å²) >= 11 is 0.